The quantitative estimate of drug-likeness (QED) is 0.579. The molecule has 17 heavy (non-hydrogen) atoms. The second-order valence-electron chi connectivity index (χ2n) is 3.28. The number of hydrogen-bond donors (Lipinski definition) is 2. The number of aliphatic hydroxyl groups is 1. The normalized spacial score (nSPS) is 11.4. The molecule has 94 valence electrons. The smallest absolute Gasteiger partial charge is 0.273 e. The van der Waals surface area contributed by atoms with E-state index < -0.39 is 14.9 Å². The number of hydrogen-bond acceptors (Lipinski definition) is 5. The molecule has 0 aromatic heterocycles. The molecule has 0 heterocycles. The first kappa shape index (κ1) is 13.6. The maximum absolute atomic E-state index is 11.7. The molecular weight excluding hydrogens is 248 g/mol. The Morgan fingerprint density at radius 1 is 1.47 bits per heavy atom. The molecule has 0 radical (unpaired) electrons. The van der Waals surface area contributed by atoms with E-state index in [9.17, 15) is 18.5 Å². The minimum atomic E-state index is -3.82. The van der Waals surface area contributed by atoms with E-state index in [0.717, 1.165) is 0 Å². The van der Waals surface area contributed by atoms with E-state index >= 15 is 0 Å². The van der Waals surface area contributed by atoms with Crippen LogP contribution in [-0.4, -0.2) is 31.6 Å². The summed E-state index contributed by atoms with van der Waals surface area (Å²) in [5, 5.41) is 19.2. The highest BCUT2D eigenvalue weighted by Gasteiger charge is 2.22. The van der Waals surface area contributed by atoms with Crippen LogP contribution in [0.2, 0.25) is 0 Å². The first-order chi connectivity index (χ1) is 7.90. The summed E-state index contributed by atoms with van der Waals surface area (Å²) >= 11 is 0. The molecule has 1 rings (SSSR count). The number of sulfonamides is 1. The topological polar surface area (TPSA) is 110 Å². The zero-order valence-electron chi connectivity index (χ0n) is 9.08. The molecule has 2 N–H and O–H groups in total. The van der Waals surface area contributed by atoms with Crippen LogP contribution >= 0.6 is 0 Å². The van der Waals surface area contributed by atoms with Crippen molar-refractivity contribution in [2.24, 2.45) is 0 Å². The standard InChI is InChI=1S/C9H12N2O5S/c1-7-8(11(13)14)3-2-4-9(7)17(15,16)10-5-6-12/h2-4,10,12H,5-6H2,1H3. The highest BCUT2D eigenvalue weighted by molar-refractivity contribution is 7.89. The molecule has 1 aromatic rings. The van der Waals surface area contributed by atoms with E-state index in [1.165, 1.54) is 25.1 Å². The third-order valence-corrected chi connectivity index (χ3v) is 3.75. The van der Waals surface area contributed by atoms with E-state index in [1.807, 2.05) is 0 Å². The Morgan fingerprint density at radius 2 is 2.12 bits per heavy atom. The molecule has 0 bridgehead atoms. The van der Waals surface area contributed by atoms with Gasteiger partial charge in [-0.25, -0.2) is 13.1 Å². The van der Waals surface area contributed by atoms with Crippen molar-refractivity contribution in [2.45, 2.75) is 11.8 Å². The van der Waals surface area contributed by atoms with E-state index in [0.29, 0.717) is 0 Å². The van der Waals surface area contributed by atoms with Crippen molar-refractivity contribution < 1.29 is 18.4 Å². The van der Waals surface area contributed by atoms with Gasteiger partial charge in [0, 0.05) is 18.2 Å². The summed E-state index contributed by atoms with van der Waals surface area (Å²) < 4.78 is 25.6. The van der Waals surface area contributed by atoms with Gasteiger partial charge in [0.25, 0.3) is 5.69 Å². The fourth-order valence-corrected chi connectivity index (χ4v) is 2.63. The van der Waals surface area contributed by atoms with Crippen molar-refractivity contribution in [3.63, 3.8) is 0 Å². The van der Waals surface area contributed by atoms with Crippen LogP contribution in [0.15, 0.2) is 23.1 Å². The molecule has 0 amide bonds. The lowest BCUT2D eigenvalue weighted by atomic mass is 10.2. The van der Waals surface area contributed by atoms with Crippen LogP contribution in [-0.2, 0) is 10.0 Å². The van der Waals surface area contributed by atoms with Gasteiger partial charge < -0.3 is 5.11 Å². The number of rotatable bonds is 5. The molecule has 0 atom stereocenters. The fraction of sp³-hybridized carbons (Fsp3) is 0.333. The zero-order valence-corrected chi connectivity index (χ0v) is 9.90. The summed E-state index contributed by atoms with van der Waals surface area (Å²) in [5.41, 5.74) is -0.181. The molecule has 0 aliphatic heterocycles. The predicted molar refractivity (Wildman–Crippen MR) is 60.1 cm³/mol. The van der Waals surface area contributed by atoms with Crippen molar-refractivity contribution in [3.8, 4) is 0 Å². The third kappa shape index (κ3) is 2.99. The lowest BCUT2D eigenvalue weighted by Gasteiger charge is -2.08. The minimum Gasteiger partial charge on any atom is -0.395 e. The molecule has 0 aliphatic carbocycles. The number of aliphatic hydroxyl groups excluding tert-OH is 1. The predicted octanol–water partition coefficient (Wildman–Crippen LogP) is 0.174. The van der Waals surface area contributed by atoms with Crippen molar-refractivity contribution in [1.29, 1.82) is 0 Å². The Balaban J connectivity index is 3.24. The number of benzene rings is 1. The lowest BCUT2D eigenvalue weighted by molar-refractivity contribution is -0.385. The molecule has 0 saturated carbocycles. The van der Waals surface area contributed by atoms with Crippen LogP contribution in [0.3, 0.4) is 0 Å². The van der Waals surface area contributed by atoms with Crippen LogP contribution in [0.4, 0.5) is 5.69 Å². The molecule has 8 heteroatoms. The lowest BCUT2D eigenvalue weighted by Crippen LogP contribution is -2.27. The van der Waals surface area contributed by atoms with Gasteiger partial charge in [0.1, 0.15) is 0 Å². The van der Waals surface area contributed by atoms with Gasteiger partial charge in [0.05, 0.1) is 16.4 Å². The van der Waals surface area contributed by atoms with Gasteiger partial charge in [-0.05, 0) is 13.0 Å². The van der Waals surface area contributed by atoms with E-state index in [1.54, 1.807) is 0 Å². The molecule has 0 saturated heterocycles. The zero-order chi connectivity index (χ0) is 13.1. The summed E-state index contributed by atoms with van der Waals surface area (Å²) in [7, 11) is -3.82. The van der Waals surface area contributed by atoms with Crippen molar-refractivity contribution >= 4 is 15.7 Å². The second-order valence-corrected chi connectivity index (χ2v) is 5.01. The Bertz CT molecular complexity index is 526. The third-order valence-electron chi connectivity index (χ3n) is 2.15. The first-order valence-electron chi connectivity index (χ1n) is 4.74. The van der Waals surface area contributed by atoms with Crippen LogP contribution in [0.5, 0.6) is 0 Å². The molecule has 0 aliphatic rings. The van der Waals surface area contributed by atoms with Gasteiger partial charge >= 0.3 is 0 Å². The van der Waals surface area contributed by atoms with Crippen molar-refractivity contribution in [1.82, 2.24) is 4.72 Å². The minimum absolute atomic E-state index is 0.0722. The summed E-state index contributed by atoms with van der Waals surface area (Å²) in [5.74, 6) is 0. The van der Waals surface area contributed by atoms with Gasteiger partial charge in [-0.15, -0.1) is 0 Å². The van der Waals surface area contributed by atoms with Gasteiger partial charge in [0.15, 0.2) is 0 Å². The van der Waals surface area contributed by atoms with E-state index in [-0.39, 0.29) is 29.3 Å². The highest BCUT2D eigenvalue weighted by atomic mass is 32.2. The van der Waals surface area contributed by atoms with Crippen molar-refractivity contribution in [3.05, 3.63) is 33.9 Å². The van der Waals surface area contributed by atoms with Gasteiger partial charge in [-0.1, -0.05) is 6.07 Å². The Labute approximate surface area is 98.3 Å². The summed E-state index contributed by atoms with van der Waals surface area (Å²) in [4.78, 5) is 9.87. The van der Waals surface area contributed by atoms with E-state index in [2.05, 4.69) is 4.72 Å². The highest BCUT2D eigenvalue weighted by Crippen LogP contribution is 2.24. The number of nitro groups is 1. The second kappa shape index (κ2) is 5.21. The van der Waals surface area contributed by atoms with Crippen LogP contribution in [0.25, 0.3) is 0 Å². The Kier molecular flexibility index (Phi) is 4.16. The van der Waals surface area contributed by atoms with Crippen LogP contribution in [0.1, 0.15) is 5.56 Å². The summed E-state index contributed by atoms with van der Waals surface area (Å²) in [6.45, 7) is 0.892. The maximum Gasteiger partial charge on any atom is 0.273 e. The number of nitrogens with zero attached hydrogens (tertiary/aromatic N) is 1. The monoisotopic (exact) mass is 260 g/mol. The largest absolute Gasteiger partial charge is 0.395 e. The van der Waals surface area contributed by atoms with Crippen molar-refractivity contribution in [2.75, 3.05) is 13.2 Å². The Hall–Kier alpha value is -1.51. The number of nitro benzene ring substituents is 1. The molecule has 0 unspecified atom stereocenters. The van der Waals surface area contributed by atoms with Gasteiger partial charge in [-0.3, -0.25) is 10.1 Å². The average Bonchev–Trinajstić information content (AvgIpc) is 2.26. The average molecular weight is 260 g/mol. The van der Waals surface area contributed by atoms with Gasteiger partial charge in [0.2, 0.25) is 10.0 Å². The van der Waals surface area contributed by atoms with E-state index in [4.69, 9.17) is 5.11 Å². The molecule has 0 fully saturated rings. The molecule has 1 aromatic carbocycles. The van der Waals surface area contributed by atoms with Crippen LogP contribution in [0, 0.1) is 17.0 Å². The molecule has 7 nitrogen and oxygen atoms in total. The molecular formula is C9H12N2O5S. The summed E-state index contributed by atoms with van der Waals surface area (Å²) in [6.07, 6.45) is 0. The van der Waals surface area contributed by atoms with Crippen LogP contribution < -0.4 is 4.72 Å². The molecule has 0 spiro atoms. The first-order valence-corrected chi connectivity index (χ1v) is 6.23. The number of nitrogens with one attached hydrogen (secondary N) is 1. The van der Waals surface area contributed by atoms with Gasteiger partial charge in [-0.2, -0.15) is 0 Å². The summed E-state index contributed by atoms with van der Waals surface area (Å²) in [6, 6.07) is 3.82. The fourth-order valence-electron chi connectivity index (χ4n) is 1.35. The maximum atomic E-state index is 11.7. The Morgan fingerprint density at radius 3 is 2.65 bits per heavy atom. The SMILES string of the molecule is Cc1c([N+](=O)[O-])cccc1S(=O)(=O)NCCO.